The largest absolute Gasteiger partial charge is 0.478 e. The summed E-state index contributed by atoms with van der Waals surface area (Å²) in [6.07, 6.45) is 0. The molecule has 0 bridgehead atoms. The lowest BCUT2D eigenvalue weighted by molar-refractivity contribution is 0.0697. The first-order valence-electron chi connectivity index (χ1n) is 10.5. The number of hydrogen-bond acceptors (Lipinski definition) is 5. The molecule has 1 aromatic heterocycles. The molecule has 3 aromatic carbocycles. The molecule has 166 valence electrons. The lowest BCUT2D eigenvalue weighted by Crippen LogP contribution is -2.17. The molecule has 0 saturated carbocycles. The fraction of sp³-hybridized carbons (Fsp3) is 0.148. The van der Waals surface area contributed by atoms with Gasteiger partial charge in [0, 0.05) is 16.8 Å². The fourth-order valence-electron chi connectivity index (χ4n) is 4.02. The standard InChI is InChI=1S/C27H23NO5/c1-15-13-20(16(2)28-22-12-8-7-11-19(22)27(31)32)26-21(14-15)24(30)23(17(3)29)25(33-26)18-9-5-4-6-10-18/h4-14,16,28H,1-3H3,(H,31,32)/t16-/m1/s1. The Kier molecular flexibility index (Phi) is 5.84. The molecule has 0 aliphatic heterocycles. The summed E-state index contributed by atoms with van der Waals surface area (Å²) in [6.45, 7) is 5.08. The molecular weight excluding hydrogens is 418 g/mol. The number of para-hydroxylation sites is 1. The van der Waals surface area contributed by atoms with Crippen LogP contribution in [0.3, 0.4) is 0 Å². The first-order chi connectivity index (χ1) is 15.8. The Bertz CT molecular complexity index is 1440. The number of aromatic carboxylic acids is 1. The monoisotopic (exact) mass is 441 g/mol. The molecule has 0 spiro atoms. The first kappa shape index (κ1) is 22.0. The summed E-state index contributed by atoms with van der Waals surface area (Å²) >= 11 is 0. The predicted molar refractivity (Wildman–Crippen MR) is 128 cm³/mol. The first-order valence-corrected chi connectivity index (χ1v) is 10.5. The van der Waals surface area contributed by atoms with E-state index in [0.29, 0.717) is 27.8 Å². The zero-order valence-electron chi connectivity index (χ0n) is 18.5. The quantitative estimate of drug-likeness (QED) is 0.365. The van der Waals surface area contributed by atoms with Crippen molar-refractivity contribution < 1.29 is 19.1 Å². The third-order valence-electron chi connectivity index (χ3n) is 5.55. The number of nitrogens with one attached hydrogen (secondary N) is 1. The van der Waals surface area contributed by atoms with Gasteiger partial charge in [0.2, 0.25) is 5.43 Å². The van der Waals surface area contributed by atoms with Crippen LogP contribution in [0.15, 0.2) is 75.9 Å². The molecule has 1 heterocycles. The summed E-state index contributed by atoms with van der Waals surface area (Å²) in [7, 11) is 0. The van der Waals surface area contributed by atoms with E-state index in [2.05, 4.69) is 5.32 Å². The number of ketones is 1. The van der Waals surface area contributed by atoms with E-state index in [-0.39, 0.29) is 34.1 Å². The van der Waals surface area contributed by atoms with Crippen LogP contribution in [0.2, 0.25) is 0 Å². The summed E-state index contributed by atoms with van der Waals surface area (Å²) in [6, 6.07) is 18.9. The van der Waals surface area contributed by atoms with Gasteiger partial charge in [-0.25, -0.2) is 4.79 Å². The average Bonchev–Trinajstić information content (AvgIpc) is 2.79. The normalized spacial score (nSPS) is 11.8. The number of rotatable bonds is 6. The van der Waals surface area contributed by atoms with Gasteiger partial charge in [0.05, 0.1) is 17.0 Å². The van der Waals surface area contributed by atoms with Gasteiger partial charge in [0.15, 0.2) is 5.78 Å². The zero-order valence-corrected chi connectivity index (χ0v) is 18.5. The van der Waals surface area contributed by atoms with E-state index >= 15 is 0 Å². The molecule has 0 fully saturated rings. The Labute approximate surface area is 190 Å². The van der Waals surface area contributed by atoms with Crippen LogP contribution in [0.4, 0.5) is 5.69 Å². The van der Waals surface area contributed by atoms with E-state index in [1.54, 1.807) is 36.4 Å². The fourth-order valence-corrected chi connectivity index (χ4v) is 4.02. The van der Waals surface area contributed by atoms with E-state index < -0.39 is 5.97 Å². The number of carbonyl (C=O) groups is 2. The molecule has 4 aromatic rings. The second kappa shape index (κ2) is 8.74. The molecule has 4 rings (SSSR count). The van der Waals surface area contributed by atoms with Crippen molar-refractivity contribution >= 4 is 28.4 Å². The van der Waals surface area contributed by atoms with Crippen LogP contribution in [0.5, 0.6) is 0 Å². The number of benzene rings is 3. The molecule has 0 unspecified atom stereocenters. The Morgan fingerprint density at radius 1 is 1.00 bits per heavy atom. The van der Waals surface area contributed by atoms with Gasteiger partial charge in [-0.05, 0) is 44.5 Å². The van der Waals surface area contributed by atoms with Crippen molar-refractivity contribution in [3.63, 3.8) is 0 Å². The number of anilines is 1. The topological polar surface area (TPSA) is 96.6 Å². The summed E-state index contributed by atoms with van der Waals surface area (Å²) in [4.78, 5) is 37.5. The van der Waals surface area contributed by atoms with Gasteiger partial charge < -0.3 is 14.8 Å². The maximum atomic E-state index is 13.4. The van der Waals surface area contributed by atoms with Gasteiger partial charge in [0.25, 0.3) is 0 Å². The SMILES string of the molecule is CC(=O)c1c(-c2ccccc2)oc2c([C@@H](C)Nc3ccccc3C(=O)O)cc(C)cc2c1=O. The maximum absolute atomic E-state index is 13.4. The van der Waals surface area contributed by atoms with Crippen LogP contribution < -0.4 is 10.7 Å². The summed E-state index contributed by atoms with van der Waals surface area (Å²) < 4.78 is 6.27. The third-order valence-corrected chi connectivity index (χ3v) is 5.55. The Morgan fingerprint density at radius 3 is 2.33 bits per heavy atom. The van der Waals surface area contributed by atoms with Crippen molar-refractivity contribution in [1.82, 2.24) is 0 Å². The highest BCUT2D eigenvalue weighted by Gasteiger charge is 2.23. The number of fused-ring (bicyclic) bond motifs is 1. The van der Waals surface area contributed by atoms with Gasteiger partial charge in [0.1, 0.15) is 16.9 Å². The Morgan fingerprint density at radius 2 is 1.67 bits per heavy atom. The molecule has 0 aliphatic carbocycles. The van der Waals surface area contributed by atoms with E-state index in [1.165, 1.54) is 13.0 Å². The number of aryl methyl sites for hydroxylation is 1. The molecule has 1 atom stereocenters. The smallest absolute Gasteiger partial charge is 0.337 e. The number of hydrogen-bond donors (Lipinski definition) is 2. The third kappa shape index (κ3) is 4.15. The van der Waals surface area contributed by atoms with Crippen molar-refractivity contribution in [1.29, 1.82) is 0 Å². The van der Waals surface area contributed by atoms with Gasteiger partial charge in [-0.3, -0.25) is 9.59 Å². The second-order valence-electron chi connectivity index (χ2n) is 8.01. The Balaban J connectivity index is 1.95. The molecule has 0 aliphatic rings. The van der Waals surface area contributed by atoms with Crippen LogP contribution in [0.1, 0.15) is 51.7 Å². The lowest BCUT2D eigenvalue weighted by Gasteiger charge is -2.20. The minimum Gasteiger partial charge on any atom is -0.478 e. The van der Waals surface area contributed by atoms with Crippen LogP contribution in [-0.2, 0) is 0 Å². The highest BCUT2D eigenvalue weighted by molar-refractivity contribution is 6.02. The minimum atomic E-state index is -1.04. The second-order valence-corrected chi connectivity index (χ2v) is 8.01. The highest BCUT2D eigenvalue weighted by Crippen LogP contribution is 2.33. The van der Waals surface area contributed by atoms with E-state index in [1.807, 2.05) is 38.1 Å². The van der Waals surface area contributed by atoms with Crippen molar-refractivity contribution in [2.24, 2.45) is 0 Å². The van der Waals surface area contributed by atoms with Crippen LogP contribution >= 0.6 is 0 Å². The van der Waals surface area contributed by atoms with Crippen molar-refractivity contribution in [3.05, 3.63) is 99.2 Å². The molecule has 6 nitrogen and oxygen atoms in total. The maximum Gasteiger partial charge on any atom is 0.337 e. The Hall–Kier alpha value is -4.19. The molecule has 2 N–H and O–H groups in total. The van der Waals surface area contributed by atoms with E-state index in [0.717, 1.165) is 5.56 Å². The van der Waals surface area contributed by atoms with Gasteiger partial charge in [-0.15, -0.1) is 0 Å². The number of carboxylic acid groups (broad SMARTS) is 1. The molecule has 0 radical (unpaired) electrons. The summed E-state index contributed by atoms with van der Waals surface area (Å²) in [5.41, 5.74) is 2.74. The minimum absolute atomic E-state index is 0.0158. The average molecular weight is 441 g/mol. The van der Waals surface area contributed by atoms with Gasteiger partial charge in [-0.2, -0.15) is 0 Å². The van der Waals surface area contributed by atoms with Gasteiger partial charge >= 0.3 is 5.97 Å². The molecule has 0 saturated heterocycles. The van der Waals surface area contributed by atoms with Crippen molar-refractivity contribution in [2.75, 3.05) is 5.32 Å². The lowest BCUT2D eigenvalue weighted by atomic mass is 9.97. The molecule has 0 amide bonds. The van der Waals surface area contributed by atoms with E-state index in [9.17, 15) is 19.5 Å². The number of carbonyl (C=O) groups excluding carboxylic acids is 1. The molecule has 33 heavy (non-hydrogen) atoms. The summed E-state index contributed by atoms with van der Waals surface area (Å²) in [5, 5.41) is 13.1. The van der Waals surface area contributed by atoms with Crippen molar-refractivity contribution in [2.45, 2.75) is 26.8 Å². The predicted octanol–water partition coefficient (Wildman–Crippen LogP) is 5.84. The zero-order chi connectivity index (χ0) is 23.7. The van der Waals surface area contributed by atoms with Crippen LogP contribution in [-0.4, -0.2) is 16.9 Å². The number of carboxylic acids is 1. The summed E-state index contributed by atoms with van der Waals surface area (Å²) in [5.74, 6) is -1.18. The van der Waals surface area contributed by atoms with Crippen LogP contribution in [0.25, 0.3) is 22.3 Å². The van der Waals surface area contributed by atoms with Crippen molar-refractivity contribution in [3.8, 4) is 11.3 Å². The highest BCUT2D eigenvalue weighted by atomic mass is 16.4. The van der Waals surface area contributed by atoms with Crippen LogP contribution in [0, 0.1) is 6.92 Å². The number of Topliss-reactive ketones (excluding diaryl/α,β-unsaturated/α-hetero) is 1. The molecule has 6 heteroatoms. The van der Waals surface area contributed by atoms with Gasteiger partial charge in [-0.1, -0.05) is 48.5 Å². The molecular formula is C27H23NO5. The van der Waals surface area contributed by atoms with E-state index in [4.69, 9.17) is 4.42 Å².